The van der Waals surface area contributed by atoms with Crippen LogP contribution in [-0.2, 0) is 0 Å². The van der Waals surface area contributed by atoms with Gasteiger partial charge in [-0.1, -0.05) is 127 Å². The second kappa shape index (κ2) is 10.4. The highest BCUT2D eigenvalue weighted by molar-refractivity contribution is 7.20. The molecule has 3 heterocycles. The van der Waals surface area contributed by atoms with Crippen LogP contribution >= 0.6 is 0 Å². The fraction of sp³-hybridized carbons (Fsp3) is 0. The molecule has 0 fully saturated rings. The number of aromatic nitrogens is 3. The Bertz CT molecular complexity index is 2680. The van der Waals surface area contributed by atoms with Crippen LogP contribution < -0.4 is 20.7 Å². The Hall–Kier alpha value is -6.17. The topological polar surface area (TPSA) is 35.4 Å². The third kappa shape index (κ3) is 3.79. The van der Waals surface area contributed by atoms with Gasteiger partial charge in [0, 0.05) is 10.8 Å². The smallest absolute Gasteiger partial charge is 0.220 e. The van der Waals surface area contributed by atoms with Gasteiger partial charge in [0.05, 0.1) is 27.8 Å². The normalized spacial score (nSPS) is 12.2. The number of benzene rings is 7. The van der Waals surface area contributed by atoms with Crippen LogP contribution in [0.2, 0.25) is 0 Å². The molecule has 48 heavy (non-hydrogen) atoms. The minimum atomic E-state index is -2.73. The van der Waals surface area contributed by atoms with Gasteiger partial charge in [0.2, 0.25) is 5.78 Å². The summed E-state index contributed by atoms with van der Waals surface area (Å²) in [4.78, 5) is 5.24. The maximum Gasteiger partial charge on any atom is 0.220 e. The zero-order chi connectivity index (χ0) is 31.7. The quantitative estimate of drug-likeness (QED) is 0.144. The zero-order valence-corrected chi connectivity index (χ0v) is 27.0. The number of para-hydroxylation sites is 3. The van der Waals surface area contributed by atoms with Gasteiger partial charge < -0.3 is 4.42 Å². The van der Waals surface area contributed by atoms with Crippen LogP contribution in [0, 0.1) is 0 Å². The molecular weight excluding hydrogens is 603 g/mol. The summed E-state index contributed by atoms with van der Waals surface area (Å²) in [5.74, 6) is 0.891. The molecule has 0 saturated carbocycles. The van der Waals surface area contributed by atoms with Gasteiger partial charge in [0.1, 0.15) is 11.2 Å². The molecule has 0 aliphatic carbocycles. The summed E-state index contributed by atoms with van der Waals surface area (Å²) in [6, 6.07) is 63.6. The van der Waals surface area contributed by atoms with Crippen LogP contribution in [0.1, 0.15) is 0 Å². The molecule has 0 atom stereocenters. The first kappa shape index (κ1) is 27.0. The highest BCUT2D eigenvalue weighted by Gasteiger charge is 2.41. The van der Waals surface area contributed by atoms with Gasteiger partial charge in [0.15, 0.2) is 8.07 Å². The Morgan fingerprint density at radius 3 is 1.75 bits per heavy atom. The summed E-state index contributed by atoms with van der Waals surface area (Å²) in [6.07, 6.45) is 0. The van der Waals surface area contributed by atoms with Gasteiger partial charge in [-0.25, -0.2) is 4.98 Å². The lowest BCUT2D eigenvalue weighted by Crippen LogP contribution is -2.74. The van der Waals surface area contributed by atoms with Crippen molar-refractivity contribution in [1.29, 1.82) is 0 Å². The highest BCUT2D eigenvalue weighted by atomic mass is 28.3. The number of hydrogen-bond donors (Lipinski definition) is 0. The Kier molecular flexibility index (Phi) is 5.86. The molecule has 10 aromatic rings. The van der Waals surface area contributed by atoms with E-state index in [4.69, 9.17) is 9.40 Å². The standard InChI is InChI=1S/C43H29N3OSi/c1-4-14-31(15-5-1)48(32-16-6-2-7-17-32,33-18-8-3-9-19-33)34-25-26-39-40(29-34)46-38-22-12-11-21-37(38)44-43(46)45(39)30-24-27-42-36(28-30)35-20-10-13-23-41(35)47-42/h1-29H. The molecule has 0 bridgehead atoms. The summed E-state index contributed by atoms with van der Waals surface area (Å²) in [6.45, 7) is 0. The van der Waals surface area contributed by atoms with E-state index in [1.807, 2.05) is 12.1 Å². The predicted octanol–water partition coefficient (Wildman–Crippen LogP) is 7.71. The van der Waals surface area contributed by atoms with Crippen LogP contribution in [0.15, 0.2) is 180 Å². The van der Waals surface area contributed by atoms with E-state index in [9.17, 15) is 0 Å². The molecular formula is C43H29N3OSi. The van der Waals surface area contributed by atoms with Crippen LogP contribution in [0.3, 0.4) is 0 Å². The number of nitrogens with zero attached hydrogens (tertiary/aromatic N) is 3. The van der Waals surface area contributed by atoms with Crippen LogP contribution in [0.25, 0.3) is 55.5 Å². The van der Waals surface area contributed by atoms with Crippen molar-refractivity contribution in [2.75, 3.05) is 0 Å². The predicted molar refractivity (Wildman–Crippen MR) is 200 cm³/mol. The summed E-state index contributed by atoms with van der Waals surface area (Å²) in [7, 11) is -2.73. The first-order valence-corrected chi connectivity index (χ1v) is 18.3. The molecule has 5 heteroatoms. The lowest BCUT2D eigenvalue weighted by Gasteiger charge is -2.34. The van der Waals surface area contributed by atoms with E-state index in [2.05, 4.69) is 173 Å². The lowest BCUT2D eigenvalue weighted by atomic mass is 10.1. The molecule has 10 rings (SSSR count). The molecule has 0 aliphatic rings. The second-order valence-corrected chi connectivity index (χ2v) is 16.2. The number of hydrogen-bond acceptors (Lipinski definition) is 2. The Labute approximate surface area is 277 Å². The monoisotopic (exact) mass is 631 g/mol. The molecule has 0 unspecified atom stereocenters. The number of fused-ring (bicyclic) bond motifs is 8. The van der Waals surface area contributed by atoms with Crippen LogP contribution in [0.4, 0.5) is 0 Å². The number of furan rings is 1. The summed E-state index contributed by atoms with van der Waals surface area (Å²) >= 11 is 0. The summed E-state index contributed by atoms with van der Waals surface area (Å²) in [5.41, 5.74) is 7.13. The maximum absolute atomic E-state index is 6.20. The van der Waals surface area contributed by atoms with Crippen molar-refractivity contribution < 1.29 is 4.42 Å². The fourth-order valence-corrected chi connectivity index (χ4v) is 12.6. The molecule has 0 aliphatic heterocycles. The average molecular weight is 632 g/mol. The van der Waals surface area contributed by atoms with Crippen molar-refractivity contribution in [3.63, 3.8) is 0 Å². The molecule has 7 aromatic carbocycles. The molecule has 0 spiro atoms. The van der Waals surface area contributed by atoms with E-state index in [-0.39, 0.29) is 0 Å². The van der Waals surface area contributed by atoms with Crippen molar-refractivity contribution in [1.82, 2.24) is 14.0 Å². The second-order valence-electron chi connectivity index (χ2n) is 12.4. The molecule has 4 nitrogen and oxygen atoms in total. The largest absolute Gasteiger partial charge is 0.456 e. The van der Waals surface area contributed by atoms with Gasteiger partial charge in [-0.05, 0) is 69.3 Å². The van der Waals surface area contributed by atoms with Gasteiger partial charge in [-0.2, -0.15) is 0 Å². The first-order valence-electron chi connectivity index (χ1n) is 16.3. The number of rotatable bonds is 5. The van der Waals surface area contributed by atoms with Crippen molar-refractivity contribution in [3.8, 4) is 5.69 Å². The van der Waals surface area contributed by atoms with E-state index in [0.717, 1.165) is 55.5 Å². The minimum absolute atomic E-state index is 0.882. The van der Waals surface area contributed by atoms with E-state index >= 15 is 0 Å². The molecule has 0 saturated heterocycles. The first-order chi connectivity index (χ1) is 23.8. The summed E-state index contributed by atoms with van der Waals surface area (Å²) in [5, 5.41) is 7.59. The Morgan fingerprint density at radius 1 is 0.438 bits per heavy atom. The fourth-order valence-electron chi connectivity index (χ4n) is 7.81. The molecule has 0 N–H and O–H groups in total. The third-order valence-corrected chi connectivity index (χ3v) is 14.6. The van der Waals surface area contributed by atoms with Gasteiger partial charge in [-0.3, -0.25) is 8.97 Å². The molecule has 226 valence electrons. The van der Waals surface area contributed by atoms with E-state index in [1.54, 1.807) is 0 Å². The van der Waals surface area contributed by atoms with E-state index < -0.39 is 8.07 Å². The third-order valence-electron chi connectivity index (χ3n) is 9.87. The van der Waals surface area contributed by atoms with Crippen LogP contribution in [-0.4, -0.2) is 22.0 Å². The summed E-state index contributed by atoms with van der Waals surface area (Å²) < 4.78 is 10.8. The zero-order valence-electron chi connectivity index (χ0n) is 26.0. The molecule has 0 amide bonds. The molecule has 3 aromatic heterocycles. The SMILES string of the molecule is c1ccc([Si](c2ccccc2)(c2ccccc2)c2ccc3c(c2)n2c4ccccc4nc2n3-c2ccc3oc4ccccc4c3c2)cc1. The van der Waals surface area contributed by atoms with Crippen LogP contribution in [0.5, 0.6) is 0 Å². The van der Waals surface area contributed by atoms with E-state index in [1.165, 1.54) is 20.7 Å². The number of imidazole rings is 2. The maximum atomic E-state index is 6.20. The van der Waals surface area contributed by atoms with Crippen molar-refractivity contribution in [3.05, 3.63) is 176 Å². The Balaban J connectivity index is 1.32. The lowest BCUT2D eigenvalue weighted by molar-refractivity contribution is 0.669. The van der Waals surface area contributed by atoms with Gasteiger partial charge >= 0.3 is 0 Å². The Morgan fingerprint density at radius 2 is 1.04 bits per heavy atom. The average Bonchev–Trinajstić information content (AvgIpc) is 3.82. The van der Waals surface area contributed by atoms with Gasteiger partial charge in [-0.15, -0.1) is 0 Å². The van der Waals surface area contributed by atoms with Gasteiger partial charge in [0.25, 0.3) is 0 Å². The molecule has 0 radical (unpaired) electrons. The van der Waals surface area contributed by atoms with Crippen molar-refractivity contribution in [2.45, 2.75) is 0 Å². The van der Waals surface area contributed by atoms with Crippen molar-refractivity contribution >= 4 is 78.6 Å². The van der Waals surface area contributed by atoms with E-state index in [0.29, 0.717) is 0 Å². The minimum Gasteiger partial charge on any atom is -0.456 e. The highest BCUT2D eigenvalue weighted by Crippen LogP contribution is 2.34. The van der Waals surface area contributed by atoms with Crippen molar-refractivity contribution in [2.24, 2.45) is 0 Å².